The first-order chi connectivity index (χ1) is 20.1. The van der Waals surface area contributed by atoms with E-state index in [0.29, 0.717) is 35.9 Å². The third kappa shape index (κ3) is 5.56. The van der Waals surface area contributed by atoms with E-state index in [9.17, 15) is 9.59 Å². The molecule has 206 valence electrons. The van der Waals surface area contributed by atoms with Crippen LogP contribution in [-0.2, 0) is 13.0 Å². The molecule has 0 fully saturated rings. The lowest BCUT2D eigenvalue weighted by molar-refractivity contribution is 0.0661. The molecule has 41 heavy (non-hydrogen) atoms. The Morgan fingerprint density at radius 1 is 0.976 bits per heavy atom. The molecule has 9 heteroatoms. The van der Waals surface area contributed by atoms with Gasteiger partial charge in [0.1, 0.15) is 17.8 Å². The minimum atomic E-state index is -0.397. The zero-order chi connectivity index (χ0) is 28.2. The number of oxazole rings is 1. The minimum absolute atomic E-state index is 0.0274. The number of carbonyl (C=O) groups is 2. The van der Waals surface area contributed by atoms with Crippen molar-refractivity contribution < 1.29 is 27.9 Å². The molecule has 5 aromatic rings. The summed E-state index contributed by atoms with van der Waals surface area (Å²) < 4.78 is 22.1. The Balaban J connectivity index is 1.18. The van der Waals surface area contributed by atoms with Crippen LogP contribution in [0.1, 0.15) is 49.7 Å². The monoisotopic (exact) mass is 549 g/mol. The van der Waals surface area contributed by atoms with Crippen LogP contribution in [0, 0.1) is 0 Å². The number of amides is 2. The second-order valence-corrected chi connectivity index (χ2v) is 9.50. The molecule has 0 spiro atoms. The standard InChI is InChI=1S/C32H27N3O6/c1-38-24-13-10-23(11-14-24)33-31(36)27-19-41-29(34-27)20-40-25-12-9-21-15-16-35(32(37)28-8-5-17-39-28)30(26(21)18-25)22-6-3-2-4-7-22/h2-14,17-19,30H,15-16,20H2,1H3,(H,33,36). The van der Waals surface area contributed by atoms with E-state index in [0.717, 1.165) is 16.7 Å². The van der Waals surface area contributed by atoms with Gasteiger partial charge in [-0.2, -0.15) is 0 Å². The van der Waals surface area contributed by atoms with Crippen molar-refractivity contribution in [3.05, 3.63) is 131 Å². The molecule has 3 heterocycles. The highest BCUT2D eigenvalue weighted by atomic mass is 16.5. The highest BCUT2D eigenvalue weighted by molar-refractivity contribution is 6.02. The van der Waals surface area contributed by atoms with Crippen LogP contribution in [0.15, 0.2) is 106 Å². The van der Waals surface area contributed by atoms with E-state index in [1.165, 1.54) is 12.5 Å². The van der Waals surface area contributed by atoms with Crippen LogP contribution in [0.2, 0.25) is 0 Å². The second-order valence-electron chi connectivity index (χ2n) is 9.50. The summed E-state index contributed by atoms with van der Waals surface area (Å²) in [7, 11) is 1.58. The molecule has 0 aliphatic carbocycles. The smallest absolute Gasteiger partial charge is 0.290 e. The Morgan fingerprint density at radius 2 is 1.78 bits per heavy atom. The van der Waals surface area contributed by atoms with E-state index in [-0.39, 0.29) is 30.1 Å². The number of carbonyl (C=O) groups excluding carboxylic acids is 2. The van der Waals surface area contributed by atoms with E-state index in [4.69, 9.17) is 18.3 Å². The number of methoxy groups -OCH3 is 1. The number of hydrogen-bond donors (Lipinski definition) is 1. The van der Waals surface area contributed by atoms with Crippen molar-refractivity contribution in [2.45, 2.75) is 19.1 Å². The zero-order valence-corrected chi connectivity index (χ0v) is 22.3. The molecule has 2 amide bonds. The van der Waals surface area contributed by atoms with Crippen molar-refractivity contribution in [1.82, 2.24) is 9.88 Å². The van der Waals surface area contributed by atoms with Gasteiger partial charge in [0.25, 0.3) is 11.8 Å². The van der Waals surface area contributed by atoms with Gasteiger partial charge in [-0.25, -0.2) is 4.98 Å². The number of ether oxygens (including phenoxy) is 2. The predicted molar refractivity (Wildman–Crippen MR) is 150 cm³/mol. The van der Waals surface area contributed by atoms with Crippen molar-refractivity contribution in [2.75, 3.05) is 19.0 Å². The number of fused-ring (bicyclic) bond motifs is 1. The molecule has 9 nitrogen and oxygen atoms in total. The van der Waals surface area contributed by atoms with Gasteiger partial charge >= 0.3 is 0 Å². The third-order valence-corrected chi connectivity index (χ3v) is 6.95. The van der Waals surface area contributed by atoms with Crippen molar-refractivity contribution in [3.8, 4) is 11.5 Å². The third-order valence-electron chi connectivity index (χ3n) is 6.95. The van der Waals surface area contributed by atoms with Gasteiger partial charge in [-0.3, -0.25) is 9.59 Å². The Hall–Kier alpha value is -5.31. The topological polar surface area (TPSA) is 107 Å². The van der Waals surface area contributed by atoms with Crippen molar-refractivity contribution in [1.29, 1.82) is 0 Å². The summed E-state index contributed by atoms with van der Waals surface area (Å²) in [5.41, 5.74) is 3.86. The number of aromatic nitrogens is 1. The highest BCUT2D eigenvalue weighted by Crippen LogP contribution is 2.38. The summed E-state index contributed by atoms with van der Waals surface area (Å²) in [6.45, 7) is 0.587. The Morgan fingerprint density at radius 3 is 2.54 bits per heavy atom. The van der Waals surface area contributed by atoms with Gasteiger partial charge < -0.3 is 28.5 Å². The molecular formula is C32H27N3O6. The fraction of sp³-hybridized carbons (Fsp3) is 0.156. The number of benzene rings is 3. The van der Waals surface area contributed by atoms with Crippen LogP contribution in [0.25, 0.3) is 0 Å². The summed E-state index contributed by atoms with van der Waals surface area (Å²) >= 11 is 0. The zero-order valence-electron chi connectivity index (χ0n) is 22.3. The maximum Gasteiger partial charge on any atom is 0.290 e. The van der Waals surface area contributed by atoms with Crippen molar-refractivity contribution in [3.63, 3.8) is 0 Å². The fourth-order valence-electron chi connectivity index (χ4n) is 4.93. The average molecular weight is 550 g/mol. The number of furan rings is 1. The molecule has 0 radical (unpaired) electrons. The second kappa shape index (κ2) is 11.4. The molecule has 0 saturated heterocycles. The van der Waals surface area contributed by atoms with Gasteiger partial charge in [0.05, 0.1) is 19.4 Å². The van der Waals surface area contributed by atoms with Gasteiger partial charge in [0.2, 0.25) is 5.89 Å². The maximum atomic E-state index is 13.4. The van der Waals surface area contributed by atoms with Crippen LogP contribution in [0.4, 0.5) is 5.69 Å². The van der Waals surface area contributed by atoms with Gasteiger partial charge in [-0.15, -0.1) is 0 Å². The van der Waals surface area contributed by atoms with Crippen LogP contribution < -0.4 is 14.8 Å². The lowest BCUT2D eigenvalue weighted by Crippen LogP contribution is -2.40. The van der Waals surface area contributed by atoms with E-state index >= 15 is 0 Å². The summed E-state index contributed by atoms with van der Waals surface area (Å²) in [6.07, 6.45) is 3.51. The molecule has 1 atom stereocenters. The quantitative estimate of drug-likeness (QED) is 0.257. The lowest BCUT2D eigenvalue weighted by Gasteiger charge is -2.37. The molecule has 6 rings (SSSR count). The molecule has 1 aliphatic heterocycles. The SMILES string of the molecule is COc1ccc(NC(=O)c2coc(COc3ccc4c(c3)C(c3ccccc3)N(C(=O)c3ccco3)CC4)n2)cc1. The number of nitrogens with zero attached hydrogens (tertiary/aromatic N) is 2. The number of anilines is 1. The van der Waals surface area contributed by atoms with Gasteiger partial charge in [0.15, 0.2) is 18.1 Å². The Kier molecular flexibility index (Phi) is 7.23. The average Bonchev–Trinajstić information content (AvgIpc) is 3.73. The van der Waals surface area contributed by atoms with E-state index in [1.807, 2.05) is 53.4 Å². The Labute approximate surface area is 236 Å². The van der Waals surface area contributed by atoms with E-state index < -0.39 is 5.91 Å². The summed E-state index contributed by atoms with van der Waals surface area (Å²) in [5, 5.41) is 2.78. The van der Waals surface area contributed by atoms with Crippen LogP contribution >= 0.6 is 0 Å². The number of hydrogen-bond acceptors (Lipinski definition) is 7. The van der Waals surface area contributed by atoms with Gasteiger partial charge in [0, 0.05) is 12.2 Å². The summed E-state index contributed by atoms with van der Waals surface area (Å²) in [6, 6.07) is 25.9. The fourth-order valence-corrected chi connectivity index (χ4v) is 4.93. The highest BCUT2D eigenvalue weighted by Gasteiger charge is 2.34. The molecule has 1 N–H and O–H groups in total. The molecule has 2 aromatic heterocycles. The molecule has 1 unspecified atom stereocenters. The number of nitrogens with one attached hydrogen (secondary N) is 1. The lowest BCUT2D eigenvalue weighted by atomic mass is 9.87. The van der Waals surface area contributed by atoms with E-state index in [1.54, 1.807) is 43.5 Å². The predicted octanol–water partition coefficient (Wildman–Crippen LogP) is 5.90. The largest absolute Gasteiger partial charge is 0.497 e. The molecule has 3 aromatic carbocycles. The maximum absolute atomic E-state index is 13.4. The van der Waals surface area contributed by atoms with Gasteiger partial charge in [-0.05, 0) is 71.6 Å². The summed E-state index contributed by atoms with van der Waals surface area (Å²) in [4.78, 5) is 32.1. The first-order valence-electron chi connectivity index (χ1n) is 13.1. The minimum Gasteiger partial charge on any atom is -0.497 e. The van der Waals surface area contributed by atoms with E-state index in [2.05, 4.69) is 10.3 Å². The number of rotatable bonds is 8. The molecule has 0 saturated carbocycles. The Bertz CT molecular complexity index is 1640. The van der Waals surface area contributed by atoms with Gasteiger partial charge in [-0.1, -0.05) is 36.4 Å². The first kappa shape index (κ1) is 25.9. The molecule has 1 aliphatic rings. The van der Waals surface area contributed by atoms with Crippen LogP contribution in [-0.4, -0.2) is 35.4 Å². The van der Waals surface area contributed by atoms with Crippen LogP contribution in [0.3, 0.4) is 0 Å². The van der Waals surface area contributed by atoms with Crippen molar-refractivity contribution in [2.24, 2.45) is 0 Å². The molecule has 0 bridgehead atoms. The molecular weight excluding hydrogens is 522 g/mol. The summed E-state index contributed by atoms with van der Waals surface area (Å²) in [5.74, 6) is 1.29. The normalized spacial score (nSPS) is 14.3. The van der Waals surface area contributed by atoms with Crippen LogP contribution in [0.5, 0.6) is 11.5 Å². The first-order valence-corrected chi connectivity index (χ1v) is 13.1. The van der Waals surface area contributed by atoms with Crippen molar-refractivity contribution >= 4 is 17.5 Å².